The smallest absolute Gasteiger partial charge is 0.306 e. The number of carbonyl (C=O) groups is 2. The Kier molecular flexibility index (Phi) is 6.76. The van der Waals surface area contributed by atoms with Gasteiger partial charge in [-0.15, -0.1) is 0 Å². The van der Waals surface area contributed by atoms with E-state index in [1.54, 1.807) is 0 Å². The average Bonchev–Trinajstić information content (AvgIpc) is 2.80. The highest BCUT2D eigenvalue weighted by Gasteiger charge is 2.32. The quantitative estimate of drug-likeness (QED) is 0.655. The summed E-state index contributed by atoms with van der Waals surface area (Å²) < 4.78 is 0. The Morgan fingerprint density at radius 3 is 2.67 bits per heavy atom. The number of hydrogen-bond donors (Lipinski definition) is 2. The minimum atomic E-state index is -0.713. The molecule has 2 unspecified atom stereocenters. The maximum absolute atomic E-state index is 11.6. The normalized spacial score (nSPS) is 22.9. The summed E-state index contributed by atoms with van der Waals surface area (Å²) in [6.07, 6.45) is 7.61. The van der Waals surface area contributed by atoms with E-state index in [2.05, 4.69) is 12.2 Å². The van der Waals surface area contributed by atoms with Crippen LogP contribution in [0.15, 0.2) is 0 Å². The first kappa shape index (κ1) is 15.0. The summed E-state index contributed by atoms with van der Waals surface area (Å²) in [4.78, 5) is 22.6. The molecule has 0 aromatic rings. The molecule has 0 spiro atoms. The van der Waals surface area contributed by atoms with Gasteiger partial charge in [0.1, 0.15) is 0 Å². The minimum Gasteiger partial charge on any atom is -0.481 e. The molecule has 4 nitrogen and oxygen atoms in total. The molecule has 0 saturated heterocycles. The van der Waals surface area contributed by atoms with Crippen LogP contribution in [0.1, 0.15) is 58.3 Å². The summed E-state index contributed by atoms with van der Waals surface area (Å²) in [5.74, 6) is -0.774. The van der Waals surface area contributed by atoms with Gasteiger partial charge in [-0.3, -0.25) is 9.59 Å². The molecule has 0 heterocycles. The number of amides is 1. The van der Waals surface area contributed by atoms with Crippen molar-refractivity contribution in [2.45, 2.75) is 58.3 Å². The van der Waals surface area contributed by atoms with E-state index < -0.39 is 5.97 Å². The van der Waals surface area contributed by atoms with Crippen molar-refractivity contribution in [2.75, 3.05) is 6.54 Å². The monoisotopic (exact) mass is 255 g/mol. The first-order valence-electron chi connectivity index (χ1n) is 7.14. The van der Waals surface area contributed by atoms with Crippen LogP contribution >= 0.6 is 0 Å². The van der Waals surface area contributed by atoms with Gasteiger partial charge in [0.05, 0.1) is 5.92 Å². The van der Waals surface area contributed by atoms with Gasteiger partial charge in [0, 0.05) is 13.0 Å². The van der Waals surface area contributed by atoms with E-state index in [-0.39, 0.29) is 17.7 Å². The average molecular weight is 255 g/mol. The first-order valence-corrected chi connectivity index (χ1v) is 7.14. The molecular formula is C14H25NO3. The van der Waals surface area contributed by atoms with Crippen LogP contribution in [0.2, 0.25) is 0 Å². The zero-order chi connectivity index (χ0) is 13.4. The van der Waals surface area contributed by atoms with Crippen molar-refractivity contribution in [2.24, 2.45) is 11.8 Å². The molecule has 1 rings (SSSR count). The second kappa shape index (κ2) is 8.11. The lowest BCUT2D eigenvalue weighted by Crippen LogP contribution is -2.32. The molecule has 4 heteroatoms. The third-order valence-corrected chi connectivity index (χ3v) is 3.80. The van der Waals surface area contributed by atoms with E-state index >= 15 is 0 Å². The number of unbranched alkanes of at least 4 members (excludes halogenated alkanes) is 3. The van der Waals surface area contributed by atoms with Gasteiger partial charge in [-0.25, -0.2) is 0 Å². The van der Waals surface area contributed by atoms with Crippen LogP contribution in [0, 0.1) is 11.8 Å². The molecule has 1 amide bonds. The Labute approximate surface area is 109 Å². The van der Waals surface area contributed by atoms with Gasteiger partial charge < -0.3 is 10.4 Å². The molecule has 1 aliphatic carbocycles. The lowest BCUT2D eigenvalue weighted by Gasteiger charge is -2.16. The number of carbonyl (C=O) groups excluding carboxylic acids is 1. The van der Waals surface area contributed by atoms with E-state index in [9.17, 15) is 9.59 Å². The van der Waals surface area contributed by atoms with Crippen LogP contribution in [0.5, 0.6) is 0 Å². The van der Waals surface area contributed by atoms with Gasteiger partial charge in [-0.1, -0.05) is 32.6 Å². The fraction of sp³-hybridized carbons (Fsp3) is 0.857. The molecule has 1 saturated carbocycles. The van der Waals surface area contributed by atoms with Crippen molar-refractivity contribution in [1.29, 1.82) is 0 Å². The molecule has 18 heavy (non-hydrogen) atoms. The summed E-state index contributed by atoms with van der Waals surface area (Å²) in [5, 5.41) is 11.9. The van der Waals surface area contributed by atoms with Crippen LogP contribution in [0.3, 0.4) is 0 Å². The van der Waals surface area contributed by atoms with Crippen molar-refractivity contribution < 1.29 is 14.7 Å². The highest BCUT2D eigenvalue weighted by Crippen LogP contribution is 2.31. The van der Waals surface area contributed by atoms with Crippen molar-refractivity contribution in [3.63, 3.8) is 0 Å². The molecule has 1 fully saturated rings. The fourth-order valence-electron chi connectivity index (χ4n) is 2.65. The van der Waals surface area contributed by atoms with Crippen molar-refractivity contribution in [1.82, 2.24) is 5.32 Å². The Balaban J connectivity index is 2.15. The Bertz CT molecular complexity index is 278. The Hall–Kier alpha value is -1.06. The molecule has 0 aromatic heterocycles. The lowest BCUT2D eigenvalue weighted by molar-refractivity contribution is -0.143. The second-order valence-electron chi connectivity index (χ2n) is 5.25. The summed E-state index contributed by atoms with van der Waals surface area (Å²) in [7, 11) is 0. The van der Waals surface area contributed by atoms with Crippen LogP contribution in [0.4, 0.5) is 0 Å². The van der Waals surface area contributed by atoms with Crippen molar-refractivity contribution >= 4 is 11.9 Å². The molecule has 2 N–H and O–H groups in total. The standard InChI is InChI=1S/C14H25NO3/c1-2-3-4-5-9-13(16)15-10-11-7-6-8-12(11)14(17)18/h11-12H,2-10H2,1H3,(H,15,16)(H,17,18). The molecule has 2 atom stereocenters. The third kappa shape index (κ3) is 5.07. The molecule has 0 aliphatic heterocycles. The van der Waals surface area contributed by atoms with Crippen LogP contribution in [-0.4, -0.2) is 23.5 Å². The highest BCUT2D eigenvalue weighted by molar-refractivity contribution is 5.76. The molecule has 1 aliphatic rings. The van der Waals surface area contributed by atoms with E-state index in [0.29, 0.717) is 13.0 Å². The molecule has 0 bridgehead atoms. The van der Waals surface area contributed by atoms with E-state index in [1.165, 1.54) is 12.8 Å². The first-order chi connectivity index (χ1) is 8.65. The summed E-state index contributed by atoms with van der Waals surface area (Å²) in [5.41, 5.74) is 0. The topological polar surface area (TPSA) is 66.4 Å². The van der Waals surface area contributed by atoms with E-state index in [1.807, 2.05) is 0 Å². The zero-order valence-corrected chi connectivity index (χ0v) is 11.3. The van der Waals surface area contributed by atoms with Gasteiger partial charge in [0.15, 0.2) is 0 Å². The largest absolute Gasteiger partial charge is 0.481 e. The fourth-order valence-corrected chi connectivity index (χ4v) is 2.65. The van der Waals surface area contributed by atoms with E-state index in [0.717, 1.165) is 32.1 Å². The molecule has 0 radical (unpaired) electrons. The Morgan fingerprint density at radius 1 is 1.22 bits per heavy atom. The number of aliphatic carboxylic acids is 1. The third-order valence-electron chi connectivity index (χ3n) is 3.80. The minimum absolute atomic E-state index is 0.0714. The molecule has 0 aromatic carbocycles. The number of carboxylic acids is 1. The van der Waals surface area contributed by atoms with Crippen LogP contribution in [-0.2, 0) is 9.59 Å². The molecule has 104 valence electrons. The summed E-state index contributed by atoms with van der Waals surface area (Å²) in [6.45, 7) is 2.68. The number of rotatable bonds is 8. The van der Waals surface area contributed by atoms with Crippen LogP contribution in [0.25, 0.3) is 0 Å². The van der Waals surface area contributed by atoms with Gasteiger partial charge in [0.25, 0.3) is 0 Å². The Morgan fingerprint density at radius 2 is 2.00 bits per heavy atom. The molecular weight excluding hydrogens is 230 g/mol. The highest BCUT2D eigenvalue weighted by atomic mass is 16.4. The predicted molar refractivity (Wildman–Crippen MR) is 70.2 cm³/mol. The SMILES string of the molecule is CCCCCCC(=O)NCC1CCCC1C(=O)O. The van der Waals surface area contributed by atoms with E-state index in [4.69, 9.17) is 5.11 Å². The second-order valence-corrected chi connectivity index (χ2v) is 5.25. The maximum Gasteiger partial charge on any atom is 0.306 e. The van der Waals surface area contributed by atoms with Gasteiger partial charge in [-0.05, 0) is 25.2 Å². The number of hydrogen-bond acceptors (Lipinski definition) is 2. The predicted octanol–water partition coefficient (Wildman–Crippen LogP) is 2.57. The number of nitrogens with one attached hydrogen (secondary N) is 1. The van der Waals surface area contributed by atoms with Crippen LogP contribution < -0.4 is 5.32 Å². The lowest BCUT2D eigenvalue weighted by atomic mass is 9.96. The summed E-state index contributed by atoms with van der Waals surface area (Å²) >= 11 is 0. The van der Waals surface area contributed by atoms with Gasteiger partial charge in [-0.2, -0.15) is 0 Å². The van der Waals surface area contributed by atoms with Gasteiger partial charge in [0.2, 0.25) is 5.91 Å². The maximum atomic E-state index is 11.6. The van der Waals surface area contributed by atoms with Gasteiger partial charge >= 0.3 is 5.97 Å². The summed E-state index contributed by atoms with van der Waals surface area (Å²) in [6, 6.07) is 0. The zero-order valence-electron chi connectivity index (χ0n) is 11.3. The van der Waals surface area contributed by atoms with Crippen molar-refractivity contribution in [3.8, 4) is 0 Å². The van der Waals surface area contributed by atoms with Crippen molar-refractivity contribution in [3.05, 3.63) is 0 Å². The number of carboxylic acid groups (broad SMARTS) is 1.